The molecule has 0 heterocycles. The number of benzene rings is 6. The van der Waals surface area contributed by atoms with Gasteiger partial charge in [0.1, 0.15) is 0 Å². The molecule has 0 saturated heterocycles. The van der Waals surface area contributed by atoms with Gasteiger partial charge in [-0.3, -0.25) is 0 Å². The summed E-state index contributed by atoms with van der Waals surface area (Å²) < 4.78 is 1.39. The SMILES string of the molecule is CCCCc1ccc2ccccc2c1.[Cl][Sn]([Cl])([Cl])[CH2]Cc1ccc2ccccc2c1.[Cl][Sn]([Cl])([Cl])[CH2]c1ccc2ccccc2c1. The molecule has 0 atom stereocenters. The fourth-order valence-corrected chi connectivity index (χ4v) is 13.6. The van der Waals surface area contributed by atoms with Gasteiger partial charge >= 0.3 is 216 Å². The van der Waals surface area contributed by atoms with E-state index in [1.54, 1.807) is 0 Å². The van der Waals surface area contributed by atoms with Crippen molar-refractivity contribution in [3.05, 3.63) is 144 Å². The molecule has 0 amide bonds. The summed E-state index contributed by atoms with van der Waals surface area (Å²) in [6.07, 6.45) is 4.64. The van der Waals surface area contributed by atoms with Crippen LogP contribution in [0.15, 0.2) is 127 Å². The van der Waals surface area contributed by atoms with Crippen LogP contribution in [0, 0.1) is 0 Å². The molecule has 0 unspecified atom stereocenters. The number of rotatable bonds is 8. The van der Waals surface area contributed by atoms with E-state index in [-0.39, 0.29) is 0 Å². The Morgan fingerprint density at radius 2 is 0.800 bits per heavy atom. The van der Waals surface area contributed by atoms with E-state index < -0.39 is 30.0 Å². The topological polar surface area (TPSA) is 0 Å². The minimum atomic E-state index is -3.26. The number of unbranched alkanes of at least 4 members (excludes halogenated alkanes) is 1. The van der Waals surface area contributed by atoms with Crippen LogP contribution >= 0.6 is 53.5 Å². The number of hydrogen-bond acceptors (Lipinski definition) is 0. The van der Waals surface area contributed by atoms with Crippen molar-refractivity contribution >= 4 is 116 Å². The normalized spacial score (nSPS) is 11.5. The Hall–Kier alpha value is -0.563. The van der Waals surface area contributed by atoms with Gasteiger partial charge in [-0.1, -0.05) is 55.8 Å². The molecule has 0 aliphatic carbocycles. The quantitative estimate of drug-likeness (QED) is 0.133. The van der Waals surface area contributed by atoms with Crippen LogP contribution in [-0.2, 0) is 17.3 Å². The number of hydrogen-bond donors (Lipinski definition) is 0. The van der Waals surface area contributed by atoms with Crippen molar-refractivity contribution in [1.29, 1.82) is 0 Å². The second-order valence-electron chi connectivity index (χ2n) is 11.1. The third-order valence-electron chi connectivity index (χ3n) is 7.36. The second-order valence-corrected chi connectivity index (χ2v) is 54.3. The third-order valence-corrected chi connectivity index (χ3v) is 18.5. The van der Waals surface area contributed by atoms with Crippen molar-refractivity contribution in [3.63, 3.8) is 0 Å². The molecule has 0 aliphatic rings. The molecule has 0 N–H and O–H groups in total. The molecule has 0 spiro atoms. The van der Waals surface area contributed by atoms with Crippen LogP contribution in [0.25, 0.3) is 32.3 Å². The third kappa shape index (κ3) is 13.5. The number of fused-ring (bicyclic) bond motifs is 3. The van der Waals surface area contributed by atoms with Crippen LogP contribution in [0.3, 0.4) is 0 Å². The summed E-state index contributed by atoms with van der Waals surface area (Å²) in [7, 11) is 35.7. The Kier molecular flexibility index (Phi) is 15.1. The summed E-state index contributed by atoms with van der Waals surface area (Å²) in [5, 5.41) is 7.63. The van der Waals surface area contributed by atoms with E-state index >= 15 is 0 Å². The van der Waals surface area contributed by atoms with E-state index in [0.717, 1.165) is 16.4 Å². The van der Waals surface area contributed by atoms with Gasteiger partial charge in [0.2, 0.25) is 0 Å². The molecule has 45 heavy (non-hydrogen) atoms. The average Bonchev–Trinajstić information content (AvgIpc) is 3.02. The zero-order valence-corrected chi connectivity index (χ0v) is 35.4. The summed E-state index contributed by atoms with van der Waals surface area (Å²) in [4.78, 5) is 0. The Balaban J connectivity index is 0.000000154. The molecule has 0 aliphatic heterocycles. The van der Waals surface area contributed by atoms with E-state index in [1.165, 1.54) is 62.7 Å². The van der Waals surface area contributed by atoms with Crippen molar-refractivity contribution in [1.82, 2.24) is 0 Å². The molecular weight excluding hydrogens is 895 g/mol. The van der Waals surface area contributed by atoms with E-state index in [0.29, 0.717) is 4.44 Å². The molecular formula is C37H36Cl6Sn2. The minimum absolute atomic E-state index is 0.643. The van der Waals surface area contributed by atoms with E-state index in [1.807, 2.05) is 30.3 Å². The molecule has 0 saturated carbocycles. The fourth-order valence-electron chi connectivity index (χ4n) is 5.04. The van der Waals surface area contributed by atoms with Crippen LogP contribution in [0.2, 0.25) is 4.44 Å². The Bertz CT molecular complexity index is 1810. The van der Waals surface area contributed by atoms with Crippen LogP contribution in [-0.4, -0.2) is 30.0 Å². The molecule has 0 fully saturated rings. The van der Waals surface area contributed by atoms with Crippen LogP contribution < -0.4 is 0 Å². The fraction of sp³-hybridized carbons (Fsp3) is 0.189. The van der Waals surface area contributed by atoms with Gasteiger partial charge in [-0.2, -0.15) is 0 Å². The van der Waals surface area contributed by atoms with Gasteiger partial charge < -0.3 is 0 Å². The first-order valence-electron chi connectivity index (χ1n) is 15.1. The van der Waals surface area contributed by atoms with Gasteiger partial charge in [-0.25, -0.2) is 0 Å². The summed E-state index contributed by atoms with van der Waals surface area (Å²) in [5.41, 5.74) is 3.84. The van der Waals surface area contributed by atoms with Crippen molar-refractivity contribution in [2.75, 3.05) is 0 Å². The van der Waals surface area contributed by atoms with Crippen molar-refractivity contribution in [2.45, 2.75) is 41.5 Å². The van der Waals surface area contributed by atoms with Gasteiger partial charge in [-0.15, -0.1) is 0 Å². The predicted octanol–water partition coefficient (Wildman–Crippen LogP) is 13.8. The van der Waals surface area contributed by atoms with Crippen LogP contribution in [0.5, 0.6) is 0 Å². The zero-order valence-electron chi connectivity index (χ0n) is 25.1. The average molecular weight is 931 g/mol. The Labute approximate surface area is 298 Å². The molecule has 0 bridgehead atoms. The molecule has 0 radical (unpaired) electrons. The first-order valence-corrected chi connectivity index (χ1v) is 40.8. The Morgan fingerprint density at radius 3 is 1.20 bits per heavy atom. The Morgan fingerprint density at radius 1 is 0.422 bits per heavy atom. The molecule has 0 aromatic heterocycles. The molecule has 6 aromatic rings. The van der Waals surface area contributed by atoms with Crippen molar-refractivity contribution in [3.8, 4) is 0 Å². The molecule has 8 heteroatoms. The van der Waals surface area contributed by atoms with Crippen molar-refractivity contribution in [2.24, 2.45) is 0 Å². The van der Waals surface area contributed by atoms with Gasteiger partial charge in [0.05, 0.1) is 0 Å². The van der Waals surface area contributed by atoms with Gasteiger partial charge in [-0.05, 0) is 29.2 Å². The van der Waals surface area contributed by atoms with Crippen LogP contribution in [0.1, 0.15) is 36.5 Å². The first kappa shape index (κ1) is 37.3. The van der Waals surface area contributed by atoms with E-state index in [9.17, 15) is 0 Å². The standard InChI is InChI=1S/C14H16.C12H11.C11H9.6ClH.2Sn/c1-2-3-6-12-9-10-13-7-4-5-8-14(13)11-12;1-2-10-7-8-11-5-3-4-6-12(11)9-10;1-9-6-7-10-4-2-3-5-11(10)8-9;;;;;;;;/h4-5,7-11H,2-3,6H2,1H3;3-9H,1-2H2;2-8H,1H2;6*1H;;/q;;;;;;;;;2*+3/p-6. The maximum absolute atomic E-state index is 5.96. The van der Waals surface area contributed by atoms with E-state index in [2.05, 4.69) is 104 Å². The molecule has 234 valence electrons. The summed E-state index contributed by atoms with van der Waals surface area (Å²) in [6.45, 7) is 2.24. The van der Waals surface area contributed by atoms with Gasteiger partial charge in [0.25, 0.3) is 0 Å². The second kappa shape index (κ2) is 18.3. The van der Waals surface area contributed by atoms with Crippen molar-refractivity contribution < 1.29 is 0 Å². The summed E-state index contributed by atoms with van der Waals surface area (Å²) in [6, 6.07) is 44.5. The monoisotopic (exact) mass is 930 g/mol. The molecule has 6 rings (SSSR count). The molecule has 0 nitrogen and oxygen atoms in total. The summed E-state index contributed by atoms with van der Waals surface area (Å²) >= 11 is -6.43. The zero-order chi connectivity index (χ0) is 32.3. The number of halogens is 6. The first-order chi connectivity index (χ1) is 21.5. The van der Waals surface area contributed by atoms with Gasteiger partial charge in [0.15, 0.2) is 0 Å². The van der Waals surface area contributed by atoms with Gasteiger partial charge in [0, 0.05) is 0 Å². The molecule has 6 aromatic carbocycles. The predicted molar refractivity (Wildman–Crippen MR) is 209 cm³/mol. The summed E-state index contributed by atoms with van der Waals surface area (Å²) in [5.74, 6) is 0. The maximum atomic E-state index is 5.96. The van der Waals surface area contributed by atoms with Crippen LogP contribution in [0.4, 0.5) is 0 Å². The van der Waals surface area contributed by atoms with E-state index in [4.69, 9.17) is 53.5 Å². The number of aryl methyl sites for hydroxylation is 2.